The molecular weight excluding hydrogens is 281 g/mol. The third-order valence-corrected chi connectivity index (χ3v) is 4.54. The van der Waals surface area contributed by atoms with Crippen molar-refractivity contribution in [2.24, 2.45) is 0 Å². The van der Waals surface area contributed by atoms with Gasteiger partial charge in [0.1, 0.15) is 5.65 Å². The van der Waals surface area contributed by atoms with Gasteiger partial charge in [-0.05, 0) is 24.5 Å². The number of pyridine rings is 1. The number of nitrogens with zero attached hydrogens (tertiary/aromatic N) is 2. The molecule has 6 heteroatoms. The Balaban J connectivity index is 0.00000147. The van der Waals surface area contributed by atoms with Crippen molar-refractivity contribution in [3.05, 3.63) is 42.0 Å². The van der Waals surface area contributed by atoms with Crippen LogP contribution >= 0.6 is 12.2 Å². The first-order valence-electron chi connectivity index (χ1n) is 6.52. The van der Waals surface area contributed by atoms with Gasteiger partial charge in [0.05, 0.1) is 6.10 Å². The quantitative estimate of drug-likeness (QED) is 0.621. The zero-order valence-corrected chi connectivity index (χ0v) is 14.4. The first-order valence-corrected chi connectivity index (χ1v) is 6.93. The minimum atomic E-state index is -0.702. The summed E-state index contributed by atoms with van der Waals surface area (Å²) in [5, 5.41) is 10.4. The van der Waals surface area contributed by atoms with Crippen LogP contribution in [0, 0.1) is 0 Å². The number of aliphatic hydroxyl groups is 1. The maximum absolute atomic E-state index is 10.4. The monoisotopic (exact) mass is 297 g/mol. The van der Waals surface area contributed by atoms with Gasteiger partial charge in [-0.2, -0.15) is 0 Å². The van der Waals surface area contributed by atoms with Crippen molar-refractivity contribution in [2.45, 2.75) is 37.2 Å². The van der Waals surface area contributed by atoms with Gasteiger partial charge in [0.15, 0.2) is 0 Å². The number of aliphatic hydroxyl groups excluding tert-OH is 1. The molecule has 2 N–H and O–H groups in total. The van der Waals surface area contributed by atoms with Crippen LogP contribution in [0.1, 0.15) is 31.2 Å². The SMILES string of the molecule is [NH-]C(=S)C1(c2ccc3nccn3c2)CCCCC1O.[Na+]. The van der Waals surface area contributed by atoms with Crippen LogP contribution in [0.15, 0.2) is 30.7 Å². The standard InChI is InChI=1S/C14H17N3OS.Na/c15-13(19)14(6-2-1-3-11(14)18)10-4-5-12-16-7-8-17(12)9-10;/h4-5,7-9,11,18H,1-3,6H2,(H2,15,19);/q;+1/p-1. The number of thiocarbonyl (C=S) groups is 1. The number of nitrogens with one attached hydrogen (secondary N) is 1. The van der Waals surface area contributed by atoms with Crippen LogP contribution in [-0.2, 0) is 5.41 Å². The van der Waals surface area contributed by atoms with Crippen LogP contribution in [0.4, 0.5) is 0 Å². The molecule has 0 amide bonds. The first kappa shape index (κ1) is 15.9. The minimum Gasteiger partial charge on any atom is -0.692 e. The van der Waals surface area contributed by atoms with E-state index in [-0.39, 0.29) is 34.5 Å². The molecule has 0 spiro atoms. The summed E-state index contributed by atoms with van der Waals surface area (Å²) in [5.74, 6) is 0. The number of hydrogen-bond donors (Lipinski definition) is 1. The van der Waals surface area contributed by atoms with Gasteiger partial charge in [-0.3, -0.25) is 0 Å². The summed E-state index contributed by atoms with van der Waals surface area (Å²) in [6.07, 6.45) is 8.44. The van der Waals surface area contributed by atoms with Gasteiger partial charge in [0, 0.05) is 24.0 Å². The van der Waals surface area contributed by atoms with Gasteiger partial charge in [0.2, 0.25) is 0 Å². The summed E-state index contributed by atoms with van der Waals surface area (Å²) >= 11 is 5.17. The van der Waals surface area contributed by atoms with Crippen molar-refractivity contribution in [3.8, 4) is 0 Å². The van der Waals surface area contributed by atoms with Crippen molar-refractivity contribution in [1.82, 2.24) is 9.38 Å². The van der Waals surface area contributed by atoms with Gasteiger partial charge in [-0.1, -0.05) is 23.9 Å². The summed E-state index contributed by atoms with van der Waals surface area (Å²) in [6, 6.07) is 3.86. The topological polar surface area (TPSA) is 61.3 Å². The van der Waals surface area contributed by atoms with E-state index in [0.29, 0.717) is 6.42 Å². The fourth-order valence-electron chi connectivity index (χ4n) is 3.07. The van der Waals surface area contributed by atoms with Gasteiger partial charge in [-0.25, -0.2) is 4.98 Å². The normalized spacial score (nSPS) is 26.1. The van der Waals surface area contributed by atoms with Crippen molar-refractivity contribution >= 4 is 22.9 Å². The van der Waals surface area contributed by atoms with E-state index in [0.717, 1.165) is 30.5 Å². The number of hydrogen-bond acceptors (Lipinski definition) is 3. The van der Waals surface area contributed by atoms with Gasteiger partial charge < -0.3 is 15.2 Å². The van der Waals surface area contributed by atoms with Crippen LogP contribution in [0.25, 0.3) is 11.4 Å². The van der Waals surface area contributed by atoms with E-state index in [1.54, 1.807) is 6.20 Å². The molecule has 4 nitrogen and oxygen atoms in total. The van der Waals surface area contributed by atoms with Crippen molar-refractivity contribution in [1.29, 1.82) is 0 Å². The Hall–Kier alpha value is -0.460. The fraction of sp³-hybridized carbons (Fsp3) is 0.429. The molecule has 2 unspecified atom stereocenters. The van der Waals surface area contributed by atoms with Crippen LogP contribution in [0.3, 0.4) is 0 Å². The Bertz CT molecular complexity index is 630. The molecule has 2 heterocycles. The molecule has 100 valence electrons. The molecule has 0 radical (unpaired) electrons. The predicted molar refractivity (Wildman–Crippen MR) is 78.3 cm³/mol. The molecule has 0 aromatic carbocycles. The Morgan fingerprint density at radius 1 is 1.45 bits per heavy atom. The third-order valence-electron chi connectivity index (χ3n) is 4.18. The minimum absolute atomic E-state index is 0. The molecule has 1 fully saturated rings. The number of fused-ring (bicyclic) bond motifs is 1. The van der Waals surface area contributed by atoms with Gasteiger partial charge in [0.25, 0.3) is 0 Å². The molecule has 3 rings (SSSR count). The van der Waals surface area contributed by atoms with Gasteiger partial charge >= 0.3 is 29.6 Å². The Kier molecular flexibility index (Phi) is 4.87. The molecular formula is C14H16N3NaOS. The van der Waals surface area contributed by atoms with E-state index < -0.39 is 11.5 Å². The average molecular weight is 297 g/mol. The second-order valence-corrected chi connectivity index (χ2v) is 5.58. The molecule has 2 atom stereocenters. The Morgan fingerprint density at radius 3 is 2.95 bits per heavy atom. The summed E-state index contributed by atoms with van der Waals surface area (Å²) in [6.45, 7) is 0. The van der Waals surface area contributed by atoms with Gasteiger partial charge in [-0.15, -0.1) is 12.2 Å². The second-order valence-electron chi connectivity index (χ2n) is 5.17. The number of aromatic nitrogens is 2. The summed E-state index contributed by atoms with van der Waals surface area (Å²) in [5.41, 5.74) is 9.09. The molecule has 1 saturated carbocycles. The van der Waals surface area contributed by atoms with Crippen LogP contribution < -0.4 is 29.6 Å². The molecule has 1 aliphatic carbocycles. The zero-order chi connectivity index (χ0) is 13.5. The summed E-state index contributed by atoms with van der Waals surface area (Å²) < 4.78 is 1.91. The van der Waals surface area contributed by atoms with Crippen molar-refractivity contribution in [2.75, 3.05) is 0 Å². The van der Waals surface area contributed by atoms with E-state index >= 15 is 0 Å². The molecule has 1 aliphatic rings. The van der Waals surface area contributed by atoms with Crippen molar-refractivity contribution < 1.29 is 34.7 Å². The van der Waals surface area contributed by atoms with Crippen molar-refractivity contribution in [3.63, 3.8) is 0 Å². The van der Waals surface area contributed by atoms with E-state index in [1.807, 2.05) is 28.9 Å². The largest absolute Gasteiger partial charge is 1.00 e. The zero-order valence-electron chi connectivity index (χ0n) is 11.5. The molecule has 2 aromatic rings. The second kappa shape index (κ2) is 6.12. The summed E-state index contributed by atoms with van der Waals surface area (Å²) in [7, 11) is 0. The van der Waals surface area contributed by atoms with E-state index in [4.69, 9.17) is 18.0 Å². The van der Waals surface area contributed by atoms with Crippen LogP contribution in [0.5, 0.6) is 0 Å². The maximum Gasteiger partial charge on any atom is 1.00 e. The predicted octanol–water partition coefficient (Wildman–Crippen LogP) is -0.109. The van der Waals surface area contributed by atoms with E-state index in [1.165, 1.54) is 0 Å². The molecule has 0 saturated heterocycles. The molecule has 0 aliphatic heterocycles. The molecule has 2 aromatic heterocycles. The smallest absolute Gasteiger partial charge is 0.692 e. The third kappa shape index (κ3) is 2.42. The first-order chi connectivity index (χ1) is 9.14. The van der Waals surface area contributed by atoms with Crippen LogP contribution in [-0.4, -0.2) is 25.6 Å². The number of imidazole rings is 1. The average Bonchev–Trinajstić information content (AvgIpc) is 2.86. The Labute approximate surface area is 145 Å². The van der Waals surface area contributed by atoms with E-state index in [2.05, 4.69) is 4.98 Å². The van der Waals surface area contributed by atoms with Crippen LogP contribution in [0.2, 0.25) is 0 Å². The van der Waals surface area contributed by atoms with E-state index in [9.17, 15) is 5.11 Å². The Morgan fingerprint density at radius 2 is 2.25 bits per heavy atom. The maximum atomic E-state index is 10.4. The molecule has 0 bridgehead atoms. The fourth-order valence-corrected chi connectivity index (χ4v) is 3.43. The summed E-state index contributed by atoms with van der Waals surface area (Å²) in [4.78, 5) is 4.35. The number of rotatable bonds is 2. The molecule has 20 heavy (non-hydrogen) atoms.